The van der Waals surface area contributed by atoms with E-state index in [2.05, 4.69) is 13.8 Å². The topological polar surface area (TPSA) is 35.5 Å². The van der Waals surface area contributed by atoms with Gasteiger partial charge in [-0.05, 0) is 39.0 Å². The lowest BCUT2D eigenvalue weighted by Crippen LogP contribution is -2.58. The number of carbonyl (C=O) groups excluding carboxylic acids is 1. The molecule has 2 aliphatic carbocycles. The molecule has 0 amide bonds. The van der Waals surface area contributed by atoms with E-state index in [1.807, 2.05) is 0 Å². The summed E-state index contributed by atoms with van der Waals surface area (Å²) in [6.45, 7) is 4.16. The van der Waals surface area contributed by atoms with Crippen LogP contribution in [0.3, 0.4) is 0 Å². The molecule has 0 N–H and O–H groups in total. The number of ketones is 1. The highest BCUT2D eigenvalue weighted by atomic mass is 16.7. The first-order chi connectivity index (χ1) is 10.1. The first-order valence-corrected chi connectivity index (χ1v) is 8.99. The van der Waals surface area contributed by atoms with Crippen LogP contribution in [0.25, 0.3) is 0 Å². The van der Waals surface area contributed by atoms with Gasteiger partial charge in [-0.15, -0.1) is 0 Å². The number of rotatable bonds is 0. The number of carbonyl (C=O) groups is 1. The lowest BCUT2D eigenvalue weighted by Gasteiger charge is -2.48. The van der Waals surface area contributed by atoms with E-state index >= 15 is 0 Å². The fourth-order valence-electron chi connectivity index (χ4n) is 4.66. The largest absolute Gasteiger partial charge is 0.340 e. The number of Topliss-reactive ketones (excluding diaryl/α,β-unsaturated/α-hetero) is 1. The van der Waals surface area contributed by atoms with E-state index in [0.717, 1.165) is 25.7 Å². The fourth-order valence-corrected chi connectivity index (χ4v) is 4.66. The minimum Gasteiger partial charge on any atom is -0.340 e. The summed E-state index contributed by atoms with van der Waals surface area (Å²) in [6, 6.07) is 0. The number of fused-ring (bicyclic) bond motifs is 2. The maximum Gasteiger partial charge on any atom is 0.229 e. The Morgan fingerprint density at radius 3 is 2.24 bits per heavy atom. The molecule has 1 heterocycles. The van der Waals surface area contributed by atoms with E-state index in [1.54, 1.807) is 0 Å². The third-order valence-corrected chi connectivity index (χ3v) is 5.53. The molecule has 3 fully saturated rings. The molecule has 3 rings (SSSR count). The Morgan fingerprint density at radius 2 is 1.52 bits per heavy atom. The molecule has 0 radical (unpaired) electrons. The Morgan fingerprint density at radius 1 is 0.905 bits per heavy atom. The van der Waals surface area contributed by atoms with Crippen LogP contribution < -0.4 is 0 Å². The van der Waals surface area contributed by atoms with E-state index in [0.29, 0.717) is 5.92 Å². The average molecular weight is 294 g/mol. The van der Waals surface area contributed by atoms with Crippen LogP contribution in [-0.2, 0) is 14.3 Å². The summed E-state index contributed by atoms with van der Waals surface area (Å²) in [5, 5.41) is 0. The highest BCUT2D eigenvalue weighted by molar-refractivity contribution is 5.89. The van der Waals surface area contributed by atoms with Crippen LogP contribution in [0.4, 0.5) is 0 Å². The third-order valence-electron chi connectivity index (χ3n) is 5.53. The molecule has 3 aliphatic rings. The highest BCUT2D eigenvalue weighted by Gasteiger charge is 2.53. The van der Waals surface area contributed by atoms with Crippen molar-refractivity contribution in [2.75, 3.05) is 0 Å². The molecule has 3 nitrogen and oxygen atoms in total. The summed E-state index contributed by atoms with van der Waals surface area (Å²) in [6.07, 6.45) is 11.7. The van der Waals surface area contributed by atoms with Crippen molar-refractivity contribution in [1.29, 1.82) is 0 Å². The van der Waals surface area contributed by atoms with Gasteiger partial charge in [0.15, 0.2) is 5.78 Å². The molecule has 1 spiro atoms. The van der Waals surface area contributed by atoms with Crippen molar-refractivity contribution in [3.8, 4) is 0 Å². The molecule has 120 valence electrons. The van der Waals surface area contributed by atoms with Crippen molar-refractivity contribution in [1.82, 2.24) is 0 Å². The van der Waals surface area contributed by atoms with Gasteiger partial charge in [-0.25, -0.2) is 0 Å². The predicted octanol–water partition coefficient (Wildman–Crippen LogP) is 4.24. The molecule has 0 unspecified atom stereocenters. The summed E-state index contributed by atoms with van der Waals surface area (Å²) in [7, 11) is 0. The Bertz CT molecular complexity index is 369. The molecule has 1 saturated heterocycles. The molecule has 21 heavy (non-hydrogen) atoms. The second-order valence-corrected chi connectivity index (χ2v) is 7.56. The minimum atomic E-state index is -0.913. The minimum absolute atomic E-state index is 0.130. The maximum atomic E-state index is 13.0. The van der Waals surface area contributed by atoms with Crippen LogP contribution in [0.2, 0.25) is 0 Å². The van der Waals surface area contributed by atoms with E-state index < -0.39 is 5.79 Å². The van der Waals surface area contributed by atoms with Crippen molar-refractivity contribution in [2.45, 2.75) is 96.1 Å². The summed E-state index contributed by atoms with van der Waals surface area (Å²) in [4.78, 5) is 13.0. The Kier molecular flexibility index (Phi) is 4.70. The first-order valence-electron chi connectivity index (χ1n) is 8.99. The number of ether oxygens (including phenoxy) is 2. The van der Waals surface area contributed by atoms with Gasteiger partial charge < -0.3 is 9.47 Å². The Labute approximate surface area is 128 Å². The number of hydrogen-bond donors (Lipinski definition) is 0. The van der Waals surface area contributed by atoms with Crippen molar-refractivity contribution in [3.05, 3.63) is 0 Å². The van der Waals surface area contributed by atoms with Crippen LogP contribution in [0.1, 0.15) is 78.1 Å². The predicted molar refractivity (Wildman–Crippen MR) is 82.0 cm³/mol. The molecular weight excluding hydrogens is 264 g/mol. The van der Waals surface area contributed by atoms with Crippen LogP contribution in [-0.4, -0.2) is 23.8 Å². The Hall–Kier alpha value is -0.410. The normalized spacial score (nSPS) is 45.5. The monoisotopic (exact) mass is 294 g/mol. The molecule has 0 aromatic rings. The van der Waals surface area contributed by atoms with Crippen molar-refractivity contribution in [3.63, 3.8) is 0 Å². The van der Waals surface area contributed by atoms with Crippen molar-refractivity contribution < 1.29 is 14.3 Å². The second-order valence-electron chi connectivity index (χ2n) is 7.56. The summed E-state index contributed by atoms with van der Waals surface area (Å²) in [5.41, 5.74) is 0. The SMILES string of the molecule is C[C@@H]1C[C@@H](C)OC2(C[C@@H]3CCCCCCC[C@@H](C3)C2=O)O1. The van der Waals surface area contributed by atoms with Gasteiger partial charge in [-0.1, -0.05) is 38.5 Å². The van der Waals surface area contributed by atoms with E-state index in [9.17, 15) is 4.79 Å². The molecule has 1 aliphatic heterocycles. The maximum absolute atomic E-state index is 13.0. The van der Waals surface area contributed by atoms with Gasteiger partial charge in [-0.3, -0.25) is 4.79 Å². The first kappa shape index (κ1) is 15.5. The zero-order valence-electron chi connectivity index (χ0n) is 13.6. The van der Waals surface area contributed by atoms with E-state index in [1.165, 1.54) is 38.5 Å². The molecule has 0 aromatic heterocycles. The zero-order chi connectivity index (χ0) is 14.9. The average Bonchev–Trinajstić information content (AvgIpc) is 2.42. The standard InChI is InChI=1S/C18H30O3/c1-13-10-14(2)21-18(20-13)12-15-8-6-4-3-5-7-9-16(11-15)17(18)19/h13-16H,3-12H2,1-2H3/t13-,14-,15-,16+/m1/s1. The van der Waals surface area contributed by atoms with Crippen molar-refractivity contribution in [2.24, 2.45) is 11.8 Å². The third kappa shape index (κ3) is 3.34. The fraction of sp³-hybridized carbons (Fsp3) is 0.944. The summed E-state index contributed by atoms with van der Waals surface area (Å²) >= 11 is 0. The Balaban J connectivity index is 1.81. The van der Waals surface area contributed by atoms with Crippen LogP contribution in [0.15, 0.2) is 0 Å². The lowest BCUT2D eigenvalue weighted by molar-refractivity contribution is -0.307. The summed E-state index contributed by atoms with van der Waals surface area (Å²) < 4.78 is 12.3. The quantitative estimate of drug-likeness (QED) is 0.670. The van der Waals surface area contributed by atoms with Crippen LogP contribution in [0.5, 0.6) is 0 Å². The molecule has 0 aromatic carbocycles. The molecule has 2 saturated carbocycles. The summed E-state index contributed by atoms with van der Waals surface area (Å²) in [5.74, 6) is 0.101. The second kappa shape index (κ2) is 6.37. The van der Waals surface area contributed by atoms with Gasteiger partial charge in [0.05, 0.1) is 12.2 Å². The van der Waals surface area contributed by atoms with Gasteiger partial charge >= 0.3 is 0 Å². The van der Waals surface area contributed by atoms with Crippen molar-refractivity contribution >= 4 is 5.78 Å². The molecule has 2 bridgehead atoms. The van der Waals surface area contributed by atoms with Gasteiger partial charge in [0.2, 0.25) is 5.79 Å². The van der Waals surface area contributed by atoms with Crippen LogP contribution in [0, 0.1) is 11.8 Å². The van der Waals surface area contributed by atoms with Gasteiger partial charge in [0, 0.05) is 12.3 Å². The van der Waals surface area contributed by atoms with Gasteiger partial charge in [0.1, 0.15) is 0 Å². The molecular formula is C18H30O3. The lowest BCUT2D eigenvalue weighted by atomic mass is 9.72. The zero-order valence-corrected chi connectivity index (χ0v) is 13.6. The van der Waals surface area contributed by atoms with E-state index in [4.69, 9.17) is 9.47 Å². The van der Waals surface area contributed by atoms with Gasteiger partial charge in [-0.2, -0.15) is 0 Å². The smallest absolute Gasteiger partial charge is 0.229 e. The number of hydrogen-bond acceptors (Lipinski definition) is 3. The van der Waals surface area contributed by atoms with E-state index in [-0.39, 0.29) is 23.9 Å². The van der Waals surface area contributed by atoms with Gasteiger partial charge in [0.25, 0.3) is 0 Å². The van der Waals surface area contributed by atoms with Crippen LogP contribution >= 0.6 is 0 Å². The molecule has 3 heteroatoms. The highest BCUT2D eigenvalue weighted by Crippen LogP contribution is 2.44. The molecule has 4 atom stereocenters.